The lowest BCUT2D eigenvalue weighted by atomic mass is 9.96. The highest BCUT2D eigenvalue weighted by atomic mass is 32.2. The molecule has 0 radical (unpaired) electrons. The molecule has 0 aromatic heterocycles. The van der Waals surface area contributed by atoms with Crippen LogP contribution in [0.5, 0.6) is 0 Å². The smallest absolute Gasteiger partial charge is 0.241 e. The highest BCUT2D eigenvalue weighted by Crippen LogP contribution is 2.29. The van der Waals surface area contributed by atoms with Crippen molar-refractivity contribution in [2.75, 3.05) is 26.2 Å². The minimum absolute atomic E-state index is 0.195. The average molecular weight is 450 g/mol. The molecule has 0 bridgehead atoms. The van der Waals surface area contributed by atoms with E-state index in [2.05, 4.69) is 63.1 Å². The van der Waals surface area contributed by atoms with Gasteiger partial charge in [0.25, 0.3) is 0 Å². The van der Waals surface area contributed by atoms with Gasteiger partial charge in [-0.1, -0.05) is 85.8 Å². The molecule has 1 aliphatic heterocycles. The van der Waals surface area contributed by atoms with Gasteiger partial charge in [0.15, 0.2) is 0 Å². The minimum Gasteiger partial charge on any atom is -0.290 e. The molecule has 1 N–H and O–H groups in total. The minimum atomic E-state index is -3.54. The van der Waals surface area contributed by atoms with Crippen LogP contribution >= 0.6 is 0 Å². The lowest BCUT2D eigenvalue weighted by Gasteiger charge is -2.42. The lowest BCUT2D eigenvalue weighted by Crippen LogP contribution is -2.56. The van der Waals surface area contributed by atoms with E-state index >= 15 is 0 Å². The van der Waals surface area contributed by atoms with Crippen LogP contribution in [0.15, 0.2) is 95.9 Å². The molecule has 32 heavy (non-hydrogen) atoms. The standard InChI is InChI=1S/C26H31N3O2S/c1-2-25(27-32(30,31)24-16-10-5-11-17-24)28-18-20-29(21-19-28)26(22-12-6-3-7-13-22)23-14-8-4-9-15-23/h3-17,25-27H,2,18-21H2,1H3. The topological polar surface area (TPSA) is 52.7 Å². The predicted octanol–water partition coefficient (Wildman–Crippen LogP) is 4.11. The summed E-state index contributed by atoms with van der Waals surface area (Å²) in [5, 5.41) is 0. The third-order valence-electron chi connectivity index (χ3n) is 6.12. The Kier molecular flexibility index (Phi) is 7.37. The summed E-state index contributed by atoms with van der Waals surface area (Å²) in [5.74, 6) is 0. The first-order valence-electron chi connectivity index (χ1n) is 11.2. The maximum Gasteiger partial charge on any atom is 0.241 e. The Morgan fingerprint density at radius 3 is 1.62 bits per heavy atom. The molecular formula is C26H31N3O2S. The molecule has 168 valence electrons. The van der Waals surface area contributed by atoms with Gasteiger partial charge < -0.3 is 0 Å². The van der Waals surface area contributed by atoms with E-state index in [1.54, 1.807) is 24.3 Å². The zero-order valence-corrected chi connectivity index (χ0v) is 19.3. The van der Waals surface area contributed by atoms with E-state index in [0.717, 1.165) is 26.2 Å². The summed E-state index contributed by atoms with van der Waals surface area (Å²) < 4.78 is 28.6. The normalized spacial score (nSPS) is 16.8. The summed E-state index contributed by atoms with van der Waals surface area (Å²) in [6, 6.07) is 30.0. The Bertz CT molecular complexity index is 1030. The van der Waals surface area contributed by atoms with Crippen molar-refractivity contribution < 1.29 is 8.42 Å². The second-order valence-corrected chi connectivity index (χ2v) is 9.87. The largest absolute Gasteiger partial charge is 0.290 e. The summed E-state index contributed by atoms with van der Waals surface area (Å²) >= 11 is 0. The number of hydrogen-bond donors (Lipinski definition) is 1. The van der Waals surface area contributed by atoms with Crippen molar-refractivity contribution in [1.82, 2.24) is 14.5 Å². The molecule has 1 fully saturated rings. The van der Waals surface area contributed by atoms with Gasteiger partial charge in [0.1, 0.15) is 0 Å². The number of benzene rings is 3. The maximum absolute atomic E-state index is 12.8. The Morgan fingerprint density at radius 1 is 0.719 bits per heavy atom. The molecule has 0 aliphatic carbocycles. The molecule has 1 heterocycles. The third-order valence-corrected chi connectivity index (χ3v) is 7.59. The maximum atomic E-state index is 12.8. The van der Waals surface area contributed by atoms with E-state index in [9.17, 15) is 8.42 Å². The highest BCUT2D eigenvalue weighted by molar-refractivity contribution is 7.89. The van der Waals surface area contributed by atoms with Gasteiger partial charge in [-0.25, -0.2) is 8.42 Å². The number of hydrogen-bond acceptors (Lipinski definition) is 4. The van der Waals surface area contributed by atoms with Gasteiger partial charge in [-0.2, -0.15) is 4.72 Å². The average Bonchev–Trinajstić information content (AvgIpc) is 2.85. The molecule has 0 spiro atoms. The van der Waals surface area contributed by atoms with Crippen LogP contribution in [0.4, 0.5) is 0 Å². The Balaban J connectivity index is 1.47. The summed E-state index contributed by atoms with van der Waals surface area (Å²) in [6.07, 6.45) is 0.501. The zero-order valence-electron chi connectivity index (χ0n) is 18.5. The second-order valence-electron chi connectivity index (χ2n) is 8.15. The van der Waals surface area contributed by atoms with E-state index in [1.807, 2.05) is 25.1 Å². The van der Waals surface area contributed by atoms with E-state index in [1.165, 1.54) is 11.1 Å². The summed E-state index contributed by atoms with van der Waals surface area (Å²) in [5.41, 5.74) is 2.56. The molecule has 6 heteroatoms. The van der Waals surface area contributed by atoms with Crippen LogP contribution in [0.3, 0.4) is 0 Å². The van der Waals surface area contributed by atoms with E-state index in [4.69, 9.17) is 0 Å². The molecule has 3 aromatic rings. The summed E-state index contributed by atoms with van der Waals surface area (Å²) in [7, 11) is -3.54. The Hall–Kier alpha value is -2.51. The number of rotatable bonds is 8. The van der Waals surface area contributed by atoms with Crippen LogP contribution in [0.25, 0.3) is 0 Å². The molecule has 1 atom stereocenters. The van der Waals surface area contributed by atoms with Crippen LogP contribution < -0.4 is 4.72 Å². The van der Waals surface area contributed by atoms with Gasteiger partial charge in [0.2, 0.25) is 10.0 Å². The first kappa shape index (κ1) is 22.7. The highest BCUT2D eigenvalue weighted by Gasteiger charge is 2.30. The molecule has 3 aromatic carbocycles. The summed E-state index contributed by atoms with van der Waals surface area (Å²) in [4.78, 5) is 5.06. The van der Waals surface area contributed by atoms with E-state index in [-0.39, 0.29) is 12.2 Å². The van der Waals surface area contributed by atoms with Gasteiger partial charge in [-0.15, -0.1) is 0 Å². The third kappa shape index (κ3) is 5.27. The van der Waals surface area contributed by atoms with Gasteiger partial charge in [0, 0.05) is 26.2 Å². The Labute approximate surface area is 191 Å². The van der Waals surface area contributed by atoms with Crippen LogP contribution in [0.2, 0.25) is 0 Å². The van der Waals surface area contributed by atoms with Crippen LogP contribution in [-0.2, 0) is 10.0 Å². The molecule has 1 saturated heterocycles. The fraction of sp³-hybridized carbons (Fsp3) is 0.308. The van der Waals surface area contributed by atoms with Crippen LogP contribution in [0, 0.1) is 0 Å². The Morgan fingerprint density at radius 2 is 1.16 bits per heavy atom. The number of nitrogens with zero attached hydrogens (tertiary/aromatic N) is 2. The first-order chi connectivity index (χ1) is 15.6. The summed E-state index contributed by atoms with van der Waals surface area (Å²) in [6.45, 7) is 5.40. The molecule has 0 saturated carbocycles. The van der Waals surface area contributed by atoms with Crippen molar-refractivity contribution in [2.45, 2.75) is 30.4 Å². The van der Waals surface area contributed by atoms with Crippen molar-refractivity contribution in [3.63, 3.8) is 0 Å². The fourth-order valence-corrected chi connectivity index (χ4v) is 5.78. The zero-order chi connectivity index (χ0) is 22.4. The number of nitrogens with one attached hydrogen (secondary N) is 1. The second kappa shape index (κ2) is 10.4. The van der Waals surface area contributed by atoms with E-state index in [0.29, 0.717) is 11.3 Å². The van der Waals surface area contributed by atoms with Crippen LogP contribution in [-0.4, -0.2) is 50.6 Å². The van der Waals surface area contributed by atoms with Gasteiger partial charge in [-0.3, -0.25) is 9.80 Å². The van der Waals surface area contributed by atoms with Gasteiger partial charge in [-0.05, 0) is 29.7 Å². The molecular weight excluding hydrogens is 418 g/mol. The number of piperazine rings is 1. The van der Waals surface area contributed by atoms with Crippen molar-refractivity contribution in [2.24, 2.45) is 0 Å². The molecule has 4 rings (SSSR count). The molecule has 1 unspecified atom stereocenters. The predicted molar refractivity (Wildman–Crippen MR) is 129 cm³/mol. The van der Waals surface area contributed by atoms with Gasteiger partial charge >= 0.3 is 0 Å². The number of sulfonamides is 1. The van der Waals surface area contributed by atoms with Crippen molar-refractivity contribution >= 4 is 10.0 Å². The van der Waals surface area contributed by atoms with Crippen LogP contribution in [0.1, 0.15) is 30.5 Å². The SMILES string of the molecule is CCC(NS(=O)(=O)c1ccccc1)N1CCN(C(c2ccccc2)c2ccccc2)CC1. The lowest BCUT2D eigenvalue weighted by molar-refractivity contribution is 0.0732. The quantitative estimate of drug-likeness (QED) is 0.562. The monoisotopic (exact) mass is 449 g/mol. The van der Waals surface area contributed by atoms with Gasteiger partial charge in [0.05, 0.1) is 17.1 Å². The molecule has 1 aliphatic rings. The van der Waals surface area contributed by atoms with E-state index < -0.39 is 10.0 Å². The molecule has 0 amide bonds. The van der Waals surface area contributed by atoms with Crippen molar-refractivity contribution in [1.29, 1.82) is 0 Å². The fourth-order valence-electron chi connectivity index (χ4n) is 4.45. The first-order valence-corrected chi connectivity index (χ1v) is 12.7. The van der Waals surface area contributed by atoms with Crippen molar-refractivity contribution in [3.05, 3.63) is 102 Å². The van der Waals surface area contributed by atoms with Crippen molar-refractivity contribution in [3.8, 4) is 0 Å². The molecule has 5 nitrogen and oxygen atoms in total.